The van der Waals surface area contributed by atoms with Gasteiger partial charge >= 0.3 is 0 Å². The molecule has 2 atom stereocenters. The smallest absolute Gasteiger partial charge is 0.238 e. The van der Waals surface area contributed by atoms with Crippen LogP contribution in [0.2, 0.25) is 0 Å². The molecule has 0 saturated carbocycles. The van der Waals surface area contributed by atoms with Gasteiger partial charge in [-0.25, -0.2) is 4.98 Å². The Bertz CT molecular complexity index is 518. The van der Waals surface area contributed by atoms with Crippen LogP contribution >= 0.6 is 0 Å². The first kappa shape index (κ1) is 13.4. The van der Waals surface area contributed by atoms with E-state index < -0.39 is 0 Å². The van der Waals surface area contributed by atoms with E-state index >= 15 is 0 Å². The Morgan fingerprint density at radius 1 is 1.45 bits per heavy atom. The molecule has 2 aliphatic rings. The van der Waals surface area contributed by atoms with Crippen LogP contribution in [0.5, 0.6) is 5.88 Å². The second-order valence-corrected chi connectivity index (χ2v) is 5.58. The highest BCUT2D eigenvalue weighted by molar-refractivity contribution is 5.96. The van der Waals surface area contributed by atoms with Gasteiger partial charge in [-0.15, -0.1) is 0 Å². The zero-order valence-corrected chi connectivity index (χ0v) is 12.0. The van der Waals surface area contributed by atoms with Gasteiger partial charge in [0.25, 0.3) is 0 Å². The molecule has 0 spiro atoms. The molecule has 0 unspecified atom stereocenters. The van der Waals surface area contributed by atoms with Crippen molar-refractivity contribution in [2.45, 2.75) is 32.8 Å². The summed E-state index contributed by atoms with van der Waals surface area (Å²) in [7, 11) is 0. The number of anilines is 1. The van der Waals surface area contributed by atoms with Crippen molar-refractivity contribution in [2.24, 2.45) is 5.92 Å². The minimum absolute atomic E-state index is 0.0465. The van der Waals surface area contributed by atoms with E-state index in [9.17, 15) is 4.79 Å². The number of aryl methyl sites for hydroxylation is 1. The molecule has 108 valence electrons. The minimum Gasteiger partial charge on any atom is -0.474 e. The highest BCUT2D eigenvalue weighted by Gasteiger charge is 2.33. The standard InChI is InChI=1S/C15H20N2O3/c1-10-7-13-14(16-9-10)20-6-4-17(13)15(18)12-3-5-19-11(2)8-12/h7,9,11-12H,3-6,8H2,1-2H3/t11-,12+/m0/s1. The molecule has 0 bridgehead atoms. The monoisotopic (exact) mass is 276 g/mol. The van der Waals surface area contributed by atoms with Gasteiger partial charge in [0.1, 0.15) is 12.3 Å². The Morgan fingerprint density at radius 3 is 3.10 bits per heavy atom. The van der Waals surface area contributed by atoms with E-state index in [4.69, 9.17) is 9.47 Å². The molecule has 3 rings (SSSR count). The minimum atomic E-state index is 0.0465. The fraction of sp³-hybridized carbons (Fsp3) is 0.600. The number of nitrogens with zero attached hydrogens (tertiary/aromatic N) is 2. The van der Waals surface area contributed by atoms with Crippen LogP contribution < -0.4 is 9.64 Å². The maximum Gasteiger partial charge on any atom is 0.238 e. The Morgan fingerprint density at radius 2 is 2.30 bits per heavy atom. The van der Waals surface area contributed by atoms with Crippen molar-refractivity contribution >= 4 is 11.6 Å². The summed E-state index contributed by atoms with van der Waals surface area (Å²) in [5.74, 6) is 0.789. The van der Waals surface area contributed by atoms with E-state index in [0.29, 0.717) is 25.6 Å². The quantitative estimate of drug-likeness (QED) is 0.786. The third kappa shape index (κ3) is 2.50. The number of fused-ring (bicyclic) bond motifs is 1. The van der Waals surface area contributed by atoms with Crippen LogP contribution in [-0.4, -0.2) is 36.8 Å². The molecular weight excluding hydrogens is 256 g/mol. The van der Waals surface area contributed by atoms with E-state index in [-0.39, 0.29) is 17.9 Å². The van der Waals surface area contributed by atoms with Crippen LogP contribution in [0.4, 0.5) is 5.69 Å². The summed E-state index contributed by atoms with van der Waals surface area (Å²) in [6, 6.07) is 1.97. The summed E-state index contributed by atoms with van der Waals surface area (Å²) in [4.78, 5) is 18.9. The molecule has 1 aromatic heterocycles. The molecule has 2 aliphatic heterocycles. The molecule has 1 fully saturated rings. The first-order chi connectivity index (χ1) is 9.65. The van der Waals surface area contributed by atoms with Crippen LogP contribution in [0.15, 0.2) is 12.3 Å². The Labute approximate surface area is 118 Å². The molecule has 0 N–H and O–H groups in total. The lowest BCUT2D eigenvalue weighted by molar-refractivity contribution is -0.127. The van der Waals surface area contributed by atoms with Gasteiger partial charge in [0, 0.05) is 18.7 Å². The molecule has 0 aliphatic carbocycles. The number of carbonyl (C=O) groups excluding carboxylic acids is 1. The van der Waals surface area contributed by atoms with Gasteiger partial charge in [0.15, 0.2) is 0 Å². The highest BCUT2D eigenvalue weighted by atomic mass is 16.5. The lowest BCUT2D eigenvalue weighted by Gasteiger charge is -2.34. The van der Waals surface area contributed by atoms with Gasteiger partial charge < -0.3 is 14.4 Å². The third-order valence-corrected chi connectivity index (χ3v) is 3.91. The van der Waals surface area contributed by atoms with Crippen LogP contribution in [0.1, 0.15) is 25.3 Å². The fourth-order valence-corrected chi connectivity index (χ4v) is 2.87. The summed E-state index contributed by atoms with van der Waals surface area (Å²) >= 11 is 0. The van der Waals surface area contributed by atoms with Crippen molar-refractivity contribution in [1.82, 2.24) is 4.98 Å². The average molecular weight is 276 g/mol. The Hall–Kier alpha value is -1.62. The van der Waals surface area contributed by atoms with Crippen molar-refractivity contribution in [3.05, 3.63) is 17.8 Å². The Balaban J connectivity index is 1.84. The van der Waals surface area contributed by atoms with Crippen LogP contribution in [0.25, 0.3) is 0 Å². The number of pyridine rings is 1. The maximum absolute atomic E-state index is 12.8. The molecule has 1 aromatic rings. The van der Waals surface area contributed by atoms with Gasteiger partial charge in [-0.05, 0) is 38.3 Å². The van der Waals surface area contributed by atoms with Crippen LogP contribution in [0, 0.1) is 12.8 Å². The molecular formula is C15H20N2O3. The summed E-state index contributed by atoms with van der Waals surface area (Å²) in [5, 5.41) is 0. The number of amides is 1. The molecule has 0 aromatic carbocycles. The number of ether oxygens (including phenoxy) is 2. The van der Waals surface area contributed by atoms with Crippen molar-refractivity contribution in [3.63, 3.8) is 0 Å². The zero-order valence-electron chi connectivity index (χ0n) is 12.0. The van der Waals surface area contributed by atoms with Gasteiger partial charge in [0.2, 0.25) is 11.8 Å². The van der Waals surface area contributed by atoms with Crippen molar-refractivity contribution in [2.75, 3.05) is 24.7 Å². The maximum atomic E-state index is 12.8. The van der Waals surface area contributed by atoms with E-state index in [0.717, 1.165) is 24.1 Å². The number of hydrogen-bond donors (Lipinski definition) is 0. The second-order valence-electron chi connectivity index (χ2n) is 5.58. The third-order valence-electron chi connectivity index (χ3n) is 3.91. The molecule has 1 saturated heterocycles. The molecule has 5 heteroatoms. The predicted octanol–water partition coefficient (Wildman–Crippen LogP) is 1.93. The summed E-state index contributed by atoms with van der Waals surface area (Å²) in [5.41, 5.74) is 1.84. The summed E-state index contributed by atoms with van der Waals surface area (Å²) < 4.78 is 11.1. The van der Waals surface area contributed by atoms with Gasteiger partial charge in [0.05, 0.1) is 12.6 Å². The Kier molecular flexibility index (Phi) is 3.61. The topological polar surface area (TPSA) is 51.7 Å². The highest BCUT2D eigenvalue weighted by Crippen LogP contribution is 2.33. The second kappa shape index (κ2) is 5.40. The normalized spacial score (nSPS) is 25.8. The van der Waals surface area contributed by atoms with Crippen LogP contribution in [0.3, 0.4) is 0 Å². The molecule has 5 nitrogen and oxygen atoms in total. The van der Waals surface area contributed by atoms with Crippen molar-refractivity contribution in [1.29, 1.82) is 0 Å². The number of rotatable bonds is 1. The number of aromatic nitrogens is 1. The van der Waals surface area contributed by atoms with E-state index in [1.165, 1.54) is 0 Å². The average Bonchev–Trinajstić information content (AvgIpc) is 2.46. The zero-order chi connectivity index (χ0) is 14.1. The lowest BCUT2D eigenvalue weighted by atomic mass is 9.94. The molecule has 0 radical (unpaired) electrons. The van der Waals surface area contributed by atoms with E-state index in [1.807, 2.05) is 24.8 Å². The summed E-state index contributed by atoms with van der Waals surface area (Å²) in [6.45, 7) is 5.77. The van der Waals surface area contributed by atoms with Crippen molar-refractivity contribution in [3.8, 4) is 5.88 Å². The summed E-state index contributed by atoms with van der Waals surface area (Å²) in [6.07, 6.45) is 3.53. The largest absolute Gasteiger partial charge is 0.474 e. The fourth-order valence-electron chi connectivity index (χ4n) is 2.87. The predicted molar refractivity (Wildman–Crippen MR) is 75.0 cm³/mol. The first-order valence-electron chi connectivity index (χ1n) is 7.17. The van der Waals surface area contributed by atoms with E-state index in [1.54, 1.807) is 6.20 Å². The van der Waals surface area contributed by atoms with Gasteiger partial charge in [-0.1, -0.05) is 0 Å². The number of hydrogen-bond acceptors (Lipinski definition) is 4. The molecule has 20 heavy (non-hydrogen) atoms. The van der Waals surface area contributed by atoms with Crippen molar-refractivity contribution < 1.29 is 14.3 Å². The number of carbonyl (C=O) groups is 1. The van der Waals surface area contributed by atoms with Crippen LogP contribution in [-0.2, 0) is 9.53 Å². The van der Waals surface area contributed by atoms with E-state index in [2.05, 4.69) is 4.98 Å². The first-order valence-corrected chi connectivity index (χ1v) is 7.17. The van der Waals surface area contributed by atoms with Gasteiger partial charge in [-0.3, -0.25) is 4.79 Å². The SMILES string of the molecule is Cc1cnc2c(c1)N(C(=O)[C@@H]1CCO[C@@H](C)C1)CCO2. The molecule has 1 amide bonds. The van der Waals surface area contributed by atoms with Gasteiger partial charge in [-0.2, -0.15) is 0 Å². The molecule has 3 heterocycles. The lowest BCUT2D eigenvalue weighted by Crippen LogP contribution is -2.44.